The predicted octanol–water partition coefficient (Wildman–Crippen LogP) is 7.61. The first-order chi connectivity index (χ1) is 19.1. The number of benzene rings is 2. The fourth-order valence-electron chi connectivity index (χ4n) is 6.09. The topological polar surface area (TPSA) is 86.7 Å². The van der Waals surface area contributed by atoms with Crippen molar-refractivity contribution in [3.8, 4) is 16.9 Å². The molecule has 0 N–H and O–H groups in total. The number of para-hydroxylation sites is 1. The third-order valence-electron chi connectivity index (χ3n) is 8.10. The highest BCUT2D eigenvalue weighted by Crippen LogP contribution is 2.67. The Morgan fingerprint density at radius 3 is 2.45 bits per heavy atom. The van der Waals surface area contributed by atoms with Crippen LogP contribution in [0.15, 0.2) is 94.6 Å². The Kier molecular flexibility index (Phi) is 7.14. The van der Waals surface area contributed by atoms with Crippen LogP contribution in [0.4, 0.5) is 0 Å². The molecule has 0 aromatic heterocycles. The van der Waals surface area contributed by atoms with Gasteiger partial charge < -0.3 is 9.05 Å². The van der Waals surface area contributed by atoms with Crippen LogP contribution in [0.5, 0.6) is 5.75 Å². The van der Waals surface area contributed by atoms with Crippen LogP contribution in [0.25, 0.3) is 11.1 Å². The van der Waals surface area contributed by atoms with Gasteiger partial charge in [-0.15, -0.1) is 0 Å². The van der Waals surface area contributed by atoms with Gasteiger partial charge in [0.15, 0.2) is 9.84 Å². The molecule has 0 amide bonds. The SMILES string of the molecule is CC1=C2C(=CCC1)C1=CCC(C)C=C1OP2(=O)CCS(=O)(=O)CCCP1(=O)Oc2ccccc2-c2ccccc21. The average molecular weight is 597 g/mol. The van der Waals surface area contributed by atoms with Crippen LogP contribution in [0, 0.1) is 5.92 Å². The molecule has 2 aromatic rings. The van der Waals surface area contributed by atoms with E-state index in [0.717, 1.165) is 47.1 Å². The largest absolute Gasteiger partial charge is 0.439 e. The van der Waals surface area contributed by atoms with E-state index in [-0.39, 0.29) is 36.2 Å². The summed E-state index contributed by atoms with van der Waals surface area (Å²) in [6.45, 7) is 4.06. The van der Waals surface area contributed by atoms with Gasteiger partial charge in [-0.1, -0.05) is 61.0 Å². The highest BCUT2D eigenvalue weighted by Gasteiger charge is 2.44. The van der Waals surface area contributed by atoms with Gasteiger partial charge in [0.2, 0.25) is 0 Å². The minimum absolute atomic E-state index is 0.0667. The Bertz CT molecular complexity index is 1710. The summed E-state index contributed by atoms with van der Waals surface area (Å²) in [6.07, 6.45) is 9.08. The lowest BCUT2D eigenvalue weighted by Crippen LogP contribution is -2.23. The smallest absolute Gasteiger partial charge is 0.278 e. The van der Waals surface area contributed by atoms with Gasteiger partial charge in [-0.25, -0.2) is 8.42 Å². The van der Waals surface area contributed by atoms with Crippen LogP contribution in [-0.4, -0.2) is 32.2 Å². The second-order valence-corrected chi connectivity index (χ2v) is 18.3. The highest BCUT2D eigenvalue weighted by atomic mass is 32.2. The molecule has 2 aromatic carbocycles. The van der Waals surface area contributed by atoms with Crippen LogP contribution in [0.2, 0.25) is 0 Å². The molecule has 2 heterocycles. The van der Waals surface area contributed by atoms with E-state index in [0.29, 0.717) is 22.1 Å². The van der Waals surface area contributed by atoms with E-state index < -0.39 is 24.6 Å². The minimum atomic E-state index is -3.58. The Morgan fingerprint density at radius 2 is 1.62 bits per heavy atom. The molecule has 40 heavy (non-hydrogen) atoms. The van der Waals surface area contributed by atoms with Crippen LogP contribution < -0.4 is 9.83 Å². The molecule has 0 saturated carbocycles. The minimum Gasteiger partial charge on any atom is -0.439 e. The van der Waals surface area contributed by atoms with E-state index in [9.17, 15) is 17.5 Å². The lowest BCUT2D eigenvalue weighted by molar-refractivity contribution is 0.402. The van der Waals surface area contributed by atoms with Crippen molar-refractivity contribution in [2.75, 3.05) is 23.8 Å². The summed E-state index contributed by atoms with van der Waals surface area (Å²) in [5, 5.41) is 1.34. The van der Waals surface area contributed by atoms with Gasteiger partial charge in [-0.2, -0.15) is 0 Å². The number of hydrogen-bond donors (Lipinski definition) is 0. The Balaban J connectivity index is 1.17. The summed E-state index contributed by atoms with van der Waals surface area (Å²) in [4.78, 5) is 0. The highest BCUT2D eigenvalue weighted by molar-refractivity contribution is 7.91. The average Bonchev–Trinajstić information content (AvgIpc) is 2.92. The lowest BCUT2D eigenvalue weighted by Gasteiger charge is -2.37. The fourth-order valence-corrected chi connectivity index (χ4v) is 13.7. The summed E-state index contributed by atoms with van der Waals surface area (Å²) in [7, 11) is -10.3. The van der Waals surface area contributed by atoms with Crippen molar-refractivity contribution in [2.24, 2.45) is 5.92 Å². The van der Waals surface area contributed by atoms with Gasteiger partial charge in [-0.05, 0) is 67.9 Å². The molecule has 1 fully saturated rings. The van der Waals surface area contributed by atoms with Gasteiger partial charge in [0, 0.05) is 17.3 Å². The van der Waals surface area contributed by atoms with E-state index >= 15 is 0 Å². The van der Waals surface area contributed by atoms with Crippen molar-refractivity contribution >= 4 is 29.9 Å². The van der Waals surface area contributed by atoms with E-state index in [1.807, 2.05) is 55.5 Å². The molecule has 4 aliphatic rings. The molecule has 3 atom stereocenters. The molecule has 0 spiro atoms. The molecular weight excluding hydrogens is 562 g/mol. The van der Waals surface area contributed by atoms with Crippen LogP contribution in [0.3, 0.4) is 0 Å². The van der Waals surface area contributed by atoms with Crippen molar-refractivity contribution in [2.45, 2.75) is 39.5 Å². The molecule has 9 heteroatoms. The van der Waals surface area contributed by atoms with E-state index in [4.69, 9.17) is 9.05 Å². The van der Waals surface area contributed by atoms with E-state index in [2.05, 4.69) is 19.1 Å². The predicted molar refractivity (Wildman–Crippen MR) is 161 cm³/mol. The van der Waals surface area contributed by atoms with Gasteiger partial charge >= 0.3 is 0 Å². The Labute approximate surface area is 236 Å². The van der Waals surface area contributed by atoms with E-state index in [1.165, 1.54) is 0 Å². The maximum Gasteiger partial charge on any atom is 0.278 e. The first-order valence-corrected chi connectivity index (χ1v) is 19.3. The Morgan fingerprint density at radius 1 is 0.875 bits per heavy atom. The summed E-state index contributed by atoms with van der Waals surface area (Å²) in [5.41, 5.74) is 4.71. The summed E-state index contributed by atoms with van der Waals surface area (Å²) in [6, 6.07) is 14.9. The maximum absolute atomic E-state index is 14.3. The van der Waals surface area contributed by atoms with Gasteiger partial charge in [-0.3, -0.25) is 9.13 Å². The summed E-state index contributed by atoms with van der Waals surface area (Å²) >= 11 is 0. The van der Waals surface area contributed by atoms with Gasteiger partial charge in [0.1, 0.15) is 11.5 Å². The molecule has 0 radical (unpaired) electrons. The number of rotatable bonds is 7. The molecular formula is C31H34O6P2S. The molecule has 210 valence electrons. The first-order valence-electron chi connectivity index (χ1n) is 13.9. The number of hydrogen-bond acceptors (Lipinski definition) is 6. The van der Waals surface area contributed by atoms with Crippen LogP contribution in [-0.2, 0) is 23.5 Å². The molecule has 6 rings (SSSR count). The zero-order valence-corrected chi connectivity index (χ0v) is 25.4. The zero-order valence-electron chi connectivity index (χ0n) is 22.8. The van der Waals surface area contributed by atoms with Crippen LogP contribution in [0.1, 0.15) is 39.5 Å². The number of sulfone groups is 1. The lowest BCUT2D eigenvalue weighted by atomic mass is 9.88. The molecule has 2 aliphatic heterocycles. The third kappa shape index (κ3) is 5.02. The molecule has 1 saturated heterocycles. The third-order valence-corrected chi connectivity index (χ3v) is 15.3. The van der Waals surface area contributed by atoms with Gasteiger partial charge in [0.05, 0.1) is 28.3 Å². The summed E-state index contributed by atoms with van der Waals surface area (Å²) < 4.78 is 67.0. The number of fused-ring (bicyclic) bond motifs is 6. The second-order valence-electron chi connectivity index (χ2n) is 11.1. The van der Waals surface area contributed by atoms with Crippen molar-refractivity contribution in [1.82, 2.24) is 0 Å². The Hall–Kier alpha value is -2.59. The van der Waals surface area contributed by atoms with Crippen molar-refractivity contribution < 1.29 is 26.6 Å². The zero-order chi connectivity index (χ0) is 28.1. The summed E-state index contributed by atoms with van der Waals surface area (Å²) in [5.74, 6) is 1.04. The maximum atomic E-state index is 14.3. The van der Waals surface area contributed by atoms with Crippen molar-refractivity contribution in [1.29, 1.82) is 0 Å². The first kappa shape index (κ1) is 27.6. The molecule has 3 unspecified atom stereocenters. The molecule has 6 nitrogen and oxygen atoms in total. The standard InChI is InChI=1S/C31H34O6P2S/c1-22-15-16-25-27-12-7-9-23(2)31(27)39(33,37-29(25)21-22)18-20-40(34,35)19-8-17-38(32)30-14-6-4-11-26(30)24-10-3-5-13-28(24)36-38/h3-6,10-14,16,21-22H,7-9,15,17-20H2,1-2H3. The monoisotopic (exact) mass is 596 g/mol. The fraction of sp³-hybridized carbons (Fsp3) is 0.355. The quantitative estimate of drug-likeness (QED) is 0.306. The van der Waals surface area contributed by atoms with Gasteiger partial charge in [0.25, 0.3) is 14.7 Å². The van der Waals surface area contributed by atoms with E-state index in [1.54, 1.807) is 6.07 Å². The van der Waals surface area contributed by atoms with Crippen molar-refractivity contribution in [3.63, 3.8) is 0 Å². The number of allylic oxidation sites excluding steroid dienone is 6. The van der Waals surface area contributed by atoms with Crippen molar-refractivity contribution in [3.05, 3.63) is 94.6 Å². The molecule has 2 aliphatic carbocycles. The van der Waals surface area contributed by atoms with Crippen LogP contribution >= 0.6 is 14.7 Å². The molecule has 0 bridgehead atoms. The second kappa shape index (κ2) is 10.4. The normalized spacial score (nSPS) is 27.1.